The van der Waals surface area contributed by atoms with Crippen LogP contribution in [0.1, 0.15) is 23.6 Å². The van der Waals surface area contributed by atoms with E-state index in [1.807, 2.05) is 31.2 Å². The second kappa shape index (κ2) is 8.37. The summed E-state index contributed by atoms with van der Waals surface area (Å²) in [5, 5.41) is 3.15. The summed E-state index contributed by atoms with van der Waals surface area (Å²) in [4.78, 5) is 2.99. The van der Waals surface area contributed by atoms with E-state index in [1.165, 1.54) is 19.1 Å². The smallest absolute Gasteiger partial charge is 0.331 e. The van der Waals surface area contributed by atoms with Crippen molar-refractivity contribution in [2.45, 2.75) is 26.9 Å². The van der Waals surface area contributed by atoms with Gasteiger partial charge in [-0.2, -0.15) is 8.78 Å². The zero-order chi connectivity index (χ0) is 18.4. The quantitative estimate of drug-likeness (QED) is 0.586. The molecule has 2 aromatic carbocycles. The zero-order valence-corrected chi connectivity index (χ0v) is 14.1. The molecule has 3 nitrogen and oxygen atoms in total. The maximum absolute atomic E-state index is 14.4. The molecule has 0 unspecified atom stereocenters. The largest absolute Gasteiger partial charge is 0.402 e. The average molecular weight is 347 g/mol. The number of nitrogens with two attached hydrogens (primary N) is 1. The van der Waals surface area contributed by atoms with E-state index in [2.05, 4.69) is 10.3 Å². The van der Waals surface area contributed by atoms with Crippen LogP contribution in [0.2, 0.25) is 0 Å². The minimum absolute atomic E-state index is 0.130. The standard InChI is InChI=1S/C19H20F3N3/c1-12-5-3-4-6-14(12)10-24-15-7-8-16(18(20)9-15)17(13(2)23)11-25-19(21)22/h3-9,11,19,24H,10,23H2,1-2H3/b17-13+,25-11+. The van der Waals surface area contributed by atoms with E-state index >= 15 is 0 Å². The number of benzene rings is 2. The van der Waals surface area contributed by atoms with Crippen LogP contribution in [0.4, 0.5) is 18.9 Å². The van der Waals surface area contributed by atoms with Crippen molar-refractivity contribution in [2.24, 2.45) is 10.7 Å². The average Bonchev–Trinajstić information content (AvgIpc) is 2.55. The first-order valence-electron chi connectivity index (χ1n) is 7.74. The number of aliphatic imine (C=N–C) groups is 1. The van der Waals surface area contributed by atoms with Crippen molar-refractivity contribution in [1.29, 1.82) is 0 Å². The Morgan fingerprint density at radius 1 is 1.24 bits per heavy atom. The highest BCUT2D eigenvalue weighted by Gasteiger charge is 2.10. The molecule has 0 saturated heterocycles. The monoisotopic (exact) mass is 347 g/mol. The molecule has 132 valence electrons. The van der Waals surface area contributed by atoms with Gasteiger partial charge in [0.15, 0.2) is 0 Å². The minimum atomic E-state index is -2.87. The number of alkyl halides is 2. The highest BCUT2D eigenvalue weighted by molar-refractivity contribution is 6.10. The van der Waals surface area contributed by atoms with E-state index in [0.29, 0.717) is 12.2 Å². The Morgan fingerprint density at radius 2 is 1.96 bits per heavy atom. The van der Waals surface area contributed by atoms with Gasteiger partial charge in [-0.3, -0.25) is 0 Å². The second-order valence-electron chi connectivity index (χ2n) is 5.63. The molecule has 2 aromatic rings. The maximum Gasteiger partial charge on any atom is 0.331 e. The molecule has 2 rings (SSSR count). The Labute approximate surface area is 145 Å². The molecule has 0 spiro atoms. The summed E-state index contributed by atoms with van der Waals surface area (Å²) >= 11 is 0. The fourth-order valence-corrected chi connectivity index (χ4v) is 2.36. The lowest BCUT2D eigenvalue weighted by Crippen LogP contribution is -2.05. The molecule has 0 amide bonds. The first-order chi connectivity index (χ1) is 11.9. The highest BCUT2D eigenvalue weighted by Crippen LogP contribution is 2.23. The lowest BCUT2D eigenvalue weighted by atomic mass is 10.0. The van der Waals surface area contributed by atoms with Crippen LogP contribution in [0, 0.1) is 12.7 Å². The van der Waals surface area contributed by atoms with Gasteiger partial charge in [0.2, 0.25) is 0 Å². The number of allylic oxidation sites excluding steroid dienone is 2. The van der Waals surface area contributed by atoms with Gasteiger partial charge >= 0.3 is 6.55 Å². The van der Waals surface area contributed by atoms with Gasteiger partial charge in [0.1, 0.15) is 5.82 Å². The Bertz CT molecular complexity index is 794. The summed E-state index contributed by atoms with van der Waals surface area (Å²) in [6, 6.07) is 12.4. The summed E-state index contributed by atoms with van der Waals surface area (Å²) in [6.45, 7) is 1.20. The minimum Gasteiger partial charge on any atom is -0.402 e. The third kappa shape index (κ3) is 5.11. The van der Waals surface area contributed by atoms with E-state index in [0.717, 1.165) is 17.3 Å². The molecule has 3 N–H and O–H groups in total. The lowest BCUT2D eigenvalue weighted by molar-refractivity contribution is 0.161. The molecule has 0 bridgehead atoms. The number of rotatable bonds is 6. The number of anilines is 1. The topological polar surface area (TPSA) is 50.4 Å². The molecule has 6 heteroatoms. The number of hydrogen-bond donors (Lipinski definition) is 2. The molecule has 0 aliphatic heterocycles. The van der Waals surface area contributed by atoms with Gasteiger partial charge in [-0.05, 0) is 43.2 Å². The van der Waals surface area contributed by atoms with Crippen LogP contribution in [0.15, 0.2) is 53.2 Å². The van der Waals surface area contributed by atoms with Gasteiger partial charge in [0, 0.05) is 35.3 Å². The van der Waals surface area contributed by atoms with Gasteiger partial charge in [-0.25, -0.2) is 9.38 Å². The first kappa shape index (κ1) is 18.6. The van der Waals surface area contributed by atoms with Crippen molar-refractivity contribution in [3.63, 3.8) is 0 Å². The predicted molar refractivity (Wildman–Crippen MR) is 96.2 cm³/mol. The van der Waals surface area contributed by atoms with Crippen LogP contribution in [0.25, 0.3) is 5.57 Å². The van der Waals surface area contributed by atoms with E-state index in [9.17, 15) is 13.2 Å². The van der Waals surface area contributed by atoms with E-state index in [1.54, 1.807) is 6.07 Å². The molecule has 0 saturated carbocycles. The van der Waals surface area contributed by atoms with Crippen molar-refractivity contribution in [1.82, 2.24) is 0 Å². The summed E-state index contributed by atoms with van der Waals surface area (Å²) < 4.78 is 38.9. The Balaban J connectivity index is 2.20. The van der Waals surface area contributed by atoms with Crippen LogP contribution >= 0.6 is 0 Å². The van der Waals surface area contributed by atoms with Gasteiger partial charge in [-0.15, -0.1) is 0 Å². The second-order valence-corrected chi connectivity index (χ2v) is 5.63. The fraction of sp³-hybridized carbons (Fsp3) is 0.211. The number of nitrogens with one attached hydrogen (secondary N) is 1. The van der Waals surface area contributed by atoms with E-state index in [-0.39, 0.29) is 16.8 Å². The summed E-state index contributed by atoms with van der Waals surface area (Å²) in [5.41, 5.74) is 8.99. The fourth-order valence-electron chi connectivity index (χ4n) is 2.36. The van der Waals surface area contributed by atoms with Crippen molar-refractivity contribution in [3.8, 4) is 0 Å². The molecule has 0 fully saturated rings. The molecule has 25 heavy (non-hydrogen) atoms. The SMILES string of the molecule is C/C(N)=C(/C=N/C(F)F)c1ccc(NCc2ccccc2C)cc1F. The lowest BCUT2D eigenvalue weighted by Gasteiger charge is -2.12. The number of halogens is 3. The van der Waals surface area contributed by atoms with Crippen molar-refractivity contribution in [3.05, 3.63) is 70.7 Å². The molecule has 0 aliphatic carbocycles. The molecular weight excluding hydrogens is 327 g/mol. The summed E-state index contributed by atoms with van der Waals surface area (Å²) in [6.07, 6.45) is 0.902. The third-order valence-corrected chi connectivity index (χ3v) is 3.74. The van der Waals surface area contributed by atoms with Gasteiger partial charge in [0.25, 0.3) is 0 Å². The van der Waals surface area contributed by atoms with Gasteiger partial charge < -0.3 is 11.1 Å². The van der Waals surface area contributed by atoms with Crippen LogP contribution in [0.3, 0.4) is 0 Å². The van der Waals surface area contributed by atoms with Crippen LogP contribution < -0.4 is 11.1 Å². The normalized spacial score (nSPS) is 12.6. The molecule has 0 aromatic heterocycles. The molecule has 0 heterocycles. The molecule has 0 aliphatic rings. The van der Waals surface area contributed by atoms with E-state index in [4.69, 9.17) is 5.73 Å². The van der Waals surface area contributed by atoms with Crippen molar-refractivity contribution in [2.75, 3.05) is 5.32 Å². The Hall–Kier alpha value is -2.76. The van der Waals surface area contributed by atoms with Crippen LogP contribution in [0.5, 0.6) is 0 Å². The molecule has 0 radical (unpaired) electrons. The first-order valence-corrected chi connectivity index (χ1v) is 7.74. The Morgan fingerprint density at radius 3 is 2.56 bits per heavy atom. The van der Waals surface area contributed by atoms with Crippen molar-refractivity contribution >= 4 is 17.5 Å². The van der Waals surface area contributed by atoms with E-state index < -0.39 is 12.4 Å². The summed E-state index contributed by atoms with van der Waals surface area (Å²) in [7, 11) is 0. The molecule has 0 atom stereocenters. The van der Waals surface area contributed by atoms with Crippen LogP contribution in [-0.2, 0) is 6.54 Å². The summed E-state index contributed by atoms with van der Waals surface area (Å²) in [5.74, 6) is -0.560. The Kier molecular flexibility index (Phi) is 6.22. The zero-order valence-electron chi connectivity index (χ0n) is 14.1. The van der Waals surface area contributed by atoms with Crippen LogP contribution in [-0.4, -0.2) is 12.8 Å². The maximum atomic E-state index is 14.4. The third-order valence-electron chi connectivity index (χ3n) is 3.74. The van der Waals surface area contributed by atoms with Gasteiger partial charge in [-0.1, -0.05) is 24.3 Å². The number of nitrogens with zero attached hydrogens (tertiary/aromatic N) is 1. The number of hydrogen-bond acceptors (Lipinski definition) is 3. The van der Waals surface area contributed by atoms with Crippen molar-refractivity contribution < 1.29 is 13.2 Å². The highest BCUT2D eigenvalue weighted by atomic mass is 19.3. The molecular formula is C19H20F3N3. The van der Waals surface area contributed by atoms with Gasteiger partial charge in [0.05, 0.1) is 0 Å². The number of aryl methyl sites for hydroxylation is 1. The predicted octanol–water partition coefficient (Wildman–Crippen LogP) is 4.73.